The molecule has 0 unspecified atom stereocenters. The molecule has 9 heteroatoms. The number of hydrogen-bond acceptors (Lipinski definition) is 7. The number of hydrogen-bond donors (Lipinski definition) is 1. The fraction of sp³-hybridized carbons (Fsp3) is 0.208. The number of ether oxygens (including phenoxy) is 1. The van der Waals surface area contributed by atoms with E-state index in [-0.39, 0.29) is 11.7 Å². The Morgan fingerprint density at radius 2 is 1.85 bits per heavy atom. The second-order valence-corrected chi connectivity index (χ2v) is 8.59. The van der Waals surface area contributed by atoms with Gasteiger partial charge in [-0.05, 0) is 25.1 Å². The minimum Gasteiger partial charge on any atom is -0.378 e. The maximum atomic E-state index is 13.1. The summed E-state index contributed by atoms with van der Waals surface area (Å²) < 4.78 is 5.41. The van der Waals surface area contributed by atoms with Crippen LogP contribution in [0.4, 0.5) is 16.8 Å². The lowest BCUT2D eigenvalue weighted by Gasteiger charge is -2.27. The SMILES string of the molecule is [C-]#[N+]c1ccc(C(=O)Nc2nc3ccc(-c4ccc(C)cc4)nc3s2)c(N2CCOCC2)n1. The molecule has 33 heavy (non-hydrogen) atoms. The number of nitrogens with zero attached hydrogens (tertiary/aromatic N) is 5. The fourth-order valence-corrected chi connectivity index (χ4v) is 4.45. The number of thiazole rings is 1. The van der Waals surface area contributed by atoms with Crippen molar-refractivity contribution >= 4 is 44.4 Å². The average molecular weight is 457 g/mol. The molecular weight excluding hydrogens is 436 g/mol. The van der Waals surface area contributed by atoms with Crippen LogP contribution in [-0.2, 0) is 4.74 Å². The molecule has 0 bridgehead atoms. The first-order chi connectivity index (χ1) is 16.1. The average Bonchev–Trinajstić information content (AvgIpc) is 3.26. The summed E-state index contributed by atoms with van der Waals surface area (Å²) in [6, 6.07) is 15.2. The molecule has 1 saturated heterocycles. The first-order valence-electron chi connectivity index (χ1n) is 10.5. The van der Waals surface area contributed by atoms with Gasteiger partial charge in [0.05, 0.1) is 18.9 Å². The van der Waals surface area contributed by atoms with Crippen molar-refractivity contribution in [1.82, 2.24) is 15.0 Å². The molecule has 0 radical (unpaired) electrons. The number of amides is 1. The zero-order valence-corrected chi connectivity index (χ0v) is 18.7. The minimum atomic E-state index is -0.321. The van der Waals surface area contributed by atoms with Crippen LogP contribution in [0.1, 0.15) is 15.9 Å². The third kappa shape index (κ3) is 4.39. The number of carbonyl (C=O) groups is 1. The second kappa shape index (κ2) is 8.94. The molecule has 1 fully saturated rings. The highest BCUT2D eigenvalue weighted by atomic mass is 32.1. The molecule has 0 aliphatic carbocycles. The van der Waals surface area contributed by atoms with Gasteiger partial charge in [-0.1, -0.05) is 53.8 Å². The lowest BCUT2D eigenvalue weighted by molar-refractivity contribution is 0.102. The number of fused-ring (bicyclic) bond motifs is 1. The standard InChI is InChI=1S/C24H20N6O2S/c1-15-3-5-16(6-4-15)18-8-9-19-23(26-18)33-24(27-19)29-22(31)17-7-10-20(25-2)28-21(17)30-11-13-32-14-12-30/h3-10H,11-14H2,1H3,(H,27,29,31). The predicted molar refractivity (Wildman–Crippen MR) is 129 cm³/mol. The van der Waals surface area contributed by atoms with Gasteiger partial charge >= 0.3 is 0 Å². The Hall–Kier alpha value is -3.87. The third-order valence-corrected chi connectivity index (χ3v) is 6.23. The molecule has 8 nitrogen and oxygen atoms in total. The Morgan fingerprint density at radius 3 is 2.61 bits per heavy atom. The Labute approximate surface area is 194 Å². The van der Waals surface area contributed by atoms with Gasteiger partial charge in [-0.15, -0.1) is 4.98 Å². The van der Waals surface area contributed by atoms with E-state index < -0.39 is 0 Å². The molecule has 4 heterocycles. The van der Waals surface area contributed by atoms with Crippen LogP contribution < -0.4 is 10.2 Å². The topological polar surface area (TPSA) is 84.6 Å². The van der Waals surface area contributed by atoms with E-state index in [1.807, 2.05) is 36.1 Å². The molecule has 3 aromatic heterocycles. The molecular formula is C24H20N6O2S. The number of carbonyl (C=O) groups excluding carboxylic acids is 1. The summed E-state index contributed by atoms with van der Waals surface area (Å²) in [6.45, 7) is 11.6. The third-order valence-electron chi connectivity index (χ3n) is 5.35. The van der Waals surface area contributed by atoms with Gasteiger partial charge in [-0.25, -0.2) is 9.97 Å². The number of morpholine rings is 1. The van der Waals surface area contributed by atoms with Gasteiger partial charge < -0.3 is 14.5 Å². The normalized spacial score (nSPS) is 13.6. The van der Waals surface area contributed by atoms with Crippen molar-refractivity contribution < 1.29 is 9.53 Å². The number of aromatic nitrogens is 3. The van der Waals surface area contributed by atoms with E-state index >= 15 is 0 Å². The zero-order valence-electron chi connectivity index (χ0n) is 17.9. The first kappa shape index (κ1) is 21.0. The lowest BCUT2D eigenvalue weighted by Crippen LogP contribution is -2.38. The van der Waals surface area contributed by atoms with E-state index in [4.69, 9.17) is 16.3 Å². The smallest absolute Gasteiger partial charge is 0.271 e. The molecule has 0 spiro atoms. The van der Waals surface area contributed by atoms with Crippen LogP contribution in [0.3, 0.4) is 0 Å². The summed E-state index contributed by atoms with van der Waals surface area (Å²) >= 11 is 1.32. The fourth-order valence-electron chi connectivity index (χ4n) is 3.61. The van der Waals surface area contributed by atoms with Crippen molar-refractivity contribution in [3.63, 3.8) is 0 Å². The van der Waals surface area contributed by atoms with Crippen molar-refractivity contribution in [2.45, 2.75) is 6.92 Å². The number of pyridine rings is 2. The van der Waals surface area contributed by atoms with E-state index in [1.54, 1.807) is 12.1 Å². The summed E-state index contributed by atoms with van der Waals surface area (Å²) in [5, 5.41) is 3.35. The number of aryl methyl sites for hydroxylation is 1. The number of nitrogens with one attached hydrogen (secondary N) is 1. The van der Waals surface area contributed by atoms with Crippen LogP contribution >= 0.6 is 11.3 Å². The zero-order chi connectivity index (χ0) is 22.8. The largest absolute Gasteiger partial charge is 0.378 e. The Bertz CT molecular complexity index is 1370. The Kier molecular flexibility index (Phi) is 5.69. The molecule has 1 N–H and O–H groups in total. The maximum Gasteiger partial charge on any atom is 0.271 e. The molecule has 1 amide bonds. The van der Waals surface area contributed by atoms with Gasteiger partial charge in [0.25, 0.3) is 11.7 Å². The van der Waals surface area contributed by atoms with E-state index in [2.05, 4.69) is 32.3 Å². The van der Waals surface area contributed by atoms with E-state index in [1.165, 1.54) is 16.9 Å². The first-order valence-corrected chi connectivity index (χ1v) is 11.3. The Morgan fingerprint density at radius 1 is 1.06 bits per heavy atom. The number of benzene rings is 1. The highest BCUT2D eigenvalue weighted by Gasteiger charge is 2.24. The van der Waals surface area contributed by atoms with Crippen LogP contribution in [0.2, 0.25) is 0 Å². The second-order valence-electron chi connectivity index (χ2n) is 7.61. The summed E-state index contributed by atoms with van der Waals surface area (Å²) in [6.07, 6.45) is 0. The number of anilines is 2. The molecule has 1 aromatic carbocycles. The highest BCUT2D eigenvalue weighted by Crippen LogP contribution is 2.29. The van der Waals surface area contributed by atoms with Crippen molar-refractivity contribution in [3.8, 4) is 11.3 Å². The summed E-state index contributed by atoms with van der Waals surface area (Å²) in [5.41, 5.74) is 4.20. The molecule has 1 aliphatic rings. The van der Waals surface area contributed by atoms with Gasteiger partial charge in [-0.3, -0.25) is 10.1 Å². The highest BCUT2D eigenvalue weighted by molar-refractivity contribution is 7.22. The molecule has 164 valence electrons. The van der Waals surface area contributed by atoms with Gasteiger partial charge in [-0.2, -0.15) is 0 Å². The van der Waals surface area contributed by atoms with Crippen molar-refractivity contribution in [2.75, 3.05) is 36.5 Å². The molecule has 5 rings (SSSR count). The lowest BCUT2D eigenvalue weighted by atomic mass is 10.1. The van der Waals surface area contributed by atoms with Crippen molar-refractivity contribution in [1.29, 1.82) is 0 Å². The van der Waals surface area contributed by atoms with Gasteiger partial charge in [0, 0.05) is 18.7 Å². The van der Waals surface area contributed by atoms with Crippen molar-refractivity contribution in [3.05, 3.63) is 71.1 Å². The monoisotopic (exact) mass is 456 g/mol. The van der Waals surface area contributed by atoms with Crippen LogP contribution in [-0.4, -0.2) is 47.2 Å². The summed E-state index contributed by atoms with van der Waals surface area (Å²) in [5.74, 6) is 0.421. The molecule has 0 atom stereocenters. The quantitative estimate of drug-likeness (QED) is 0.448. The van der Waals surface area contributed by atoms with Crippen LogP contribution in [0.25, 0.3) is 26.4 Å². The Balaban J connectivity index is 1.42. The predicted octanol–water partition coefficient (Wildman–Crippen LogP) is 4.70. The molecule has 4 aromatic rings. The summed E-state index contributed by atoms with van der Waals surface area (Å²) in [7, 11) is 0. The summed E-state index contributed by atoms with van der Waals surface area (Å²) in [4.78, 5) is 32.9. The van der Waals surface area contributed by atoms with Crippen LogP contribution in [0.15, 0.2) is 48.5 Å². The molecule has 1 aliphatic heterocycles. The van der Waals surface area contributed by atoms with E-state index in [9.17, 15) is 4.79 Å². The minimum absolute atomic E-state index is 0.251. The maximum absolute atomic E-state index is 13.1. The van der Waals surface area contributed by atoms with E-state index in [0.717, 1.165) is 21.6 Å². The number of rotatable bonds is 4. The van der Waals surface area contributed by atoms with Gasteiger partial charge in [0.1, 0.15) is 15.9 Å². The van der Waals surface area contributed by atoms with Crippen LogP contribution in [0, 0.1) is 13.5 Å². The van der Waals surface area contributed by atoms with Crippen molar-refractivity contribution in [2.24, 2.45) is 0 Å². The molecule has 0 saturated carbocycles. The van der Waals surface area contributed by atoms with E-state index in [0.29, 0.717) is 42.8 Å². The van der Waals surface area contributed by atoms with Crippen LogP contribution in [0.5, 0.6) is 0 Å². The van der Waals surface area contributed by atoms with Gasteiger partial charge in [0.2, 0.25) is 5.82 Å². The van der Waals surface area contributed by atoms with Gasteiger partial charge in [0.15, 0.2) is 5.13 Å².